The number of nitrogens with one attached hydrogen (secondary N) is 1. The number of benzene rings is 2. The lowest BCUT2D eigenvalue weighted by atomic mass is 9.91. The summed E-state index contributed by atoms with van der Waals surface area (Å²) in [6.45, 7) is 7.95. The molecule has 11 rings (SSSR count). The third-order valence-corrected chi connectivity index (χ3v) is 15.8. The number of piperazine rings is 1. The molecule has 0 bridgehead atoms. The van der Waals surface area contributed by atoms with Crippen molar-refractivity contribution in [3.05, 3.63) is 111 Å². The Labute approximate surface area is 416 Å². The summed E-state index contributed by atoms with van der Waals surface area (Å²) in [4.78, 5) is 75.1. The summed E-state index contributed by atoms with van der Waals surface area (Å²) in [6, 6.07) is 13.6. The van der Waals surface area contributed by atoms with E-state index >= 15 is 0 Å². The van der Waals surface area contributed by atoms with Crippen molar-refractivity contribution in [1.29, 1.82) is 0 Å². The summed E-state index contributed by atoms with van der Waals surface area (Å²) >= 11 is 0. The largest absolute Gasteiger partial charge is 0.418 e. The molecule has 72 heavy (non-hydrogen) atoms. The predicted octanol–water partition coefficient (Wildman–Crippen LogP) is 5.81. The number of halogens is 3. The zero-order chi connectivity index (χ0) is 50.1. The van der Waals surface area contributed by atoms with Gasteiger partial charge in [-0.1, -0.05) is 37.8 Å². The zero-order valence-electron chi connectivity index (χ0n) is 41.0. The molecular formula is C53H64F3N11O5. The fourth-order valence-corrected chi connectivity index (χ4v) is 11.1. The second-order valence-electron chi connectivity index (χ2n) is 20.7. The van der Waals surface area contributed by atoms with Gasteiger partial charge in [-0.3, -0.25) is 43.3 Å². The first-order valence-corrected chi connectivity index (χ1v) is 25.7. The maximum atomic E-state index is 14.5. The topological polar surface area (TPSA) is 154 Å². The highest BCUT2D eigenvalue weighted by Crippen LogP contribution is 2.35. The monoisotopic (exact) mass is 992 g/mol. The number of alkyl halides is 3. The van der Waals surface area contributed by atoms with Crippen molar-refractivity contribution < 1.29 is 32.3 Å². The molecule has 1 saturated carbocycles. The van der Waals surface area contributed by atoms with Crippen molar-refractivity contribution in [2.24, 2.45) is 18.9 Å². The van der Waals surface area contributed by atoms with E-state index in [0.29, 0.717) is 67.5 Å². The van der Waals surface area contributed by atoms with Crippen LogP contribution in [0.3, 0.4) is 0 Å². The molecule has 19 heteroatoms. The van der Waals surface area contributed by atoms with E-state index < -0.39 is 29.4 Å². The maximum absolute atomic E-state index is 14.5. The molecule has 2 aromatic carbocycles. The molecule has 4 saturated heterocycles. The van der Waals surface area contributed by atoms with Crippen molar-refractivity contribution in [2.75, 3.05) is 63.8 Å². The van der Waals surface area contributed by atoms with E-state index in [9.17, 15) is 37.1 Å². The number of amides is 4. The molecule has 0 radical (unpaired) electrons. The van der Waals surface area contributed by atoms with E-state index in [1.807, 2.05) is 30.1 Å². The Morgan fingerprint density at radius 1 is 0.778 bits per heavy atom. The van der Waals surface area contributed by atoms with Gasteiger partial charge in [0.2, 0.25) is 17.7 Å². The Morgan fingerprint density at radius 3 is 2.19 bits per heavy atom. The number of imidazole rings is 1. The van der Waals surface area contributed by atoms with E-state index in [-0.39, 0.29) is 42.1 Å². The molecule has 1 unspecified atom stereocenters. The van der Waals surface area contributed by atoms with Crippen LogP contribution in [-0.4, -0.2) is 132 Å². The summed E-state index contributed by atoms with van der Waals surface area (Å²) in [7, 11) is 1.83. The minimum absolute atomic E-state index is 0.167. The van der Waals surface area contributed by atoms with Crippen LogP contribution in [-0.2, 0) is 47.1 Å². The smallest absolute Gasteiger partial charge is 0.369 e. The Balaban J connectivity index is 0.00000142. The molecule has 1 aliphatic carbocycles. The van der Waals surface area contributed by atoms with Gasteiger partial charge in [0.25, 0.3) is 5.91 Å². The molecule has 1 atom stereocenters. The molecule has 6 aliphatic rings. The van der Waals surface area contributed by atoms with E-state index in [1.54, 1.807) is 34.0 Å². The SMILES string of the molecule is C1CCC1.Cn1cnnc1Cc1cccc(-n2cc3c(C(F)(F)F)cc(CN4CCC(CC(=O)N5CCC(CN6CCN(c7ccc8c(c7)CN(C7CCC(=O)NC7=O)C8=O)CC6)CC5)CC4)cn3c2=O)c1. The van der Waals surface area contributed by atoms with E-state index in [1.165, 1.54) is 42.6 Å². The van der Waals surface area contributed by atoms with Crippen molar-refractivity contribution in [2.45, 2.75) is 102 Å². The Bertz CT molecular complexity index is 2860. The molecule has 382 valence electrons. The minimum atomic E-state index is -4.67. The van der Waals surface area contributed by atoms with Crippen LogP contribution in [0.2, 0.25) is 0 Å². The number of hydrogen-bond donors (Lipinski definition) is 1. The van der Waals surface area contributed by atoms with Crippen molar-refractivity contribution in [1.82, 2.24) is 48.6 Å². The number of likely N-dealkylation sites (tertiary alicyclic amines) is 2. The van der Waals surface area contributed by atoms with Crippen LogP contribution in [0.25, 0.3) is 11.2 Å². The van der Waals surface area contributed by atoms with E-state index in [4.69, 9.17) is 0 Å². The number of hydrogen-bond acceptors (Lipinski definition) is 10. The summed E-state index contributed by atoms with van der Waals surface area (Å²) in [5.41, 5.74) is 2.64. The van der Waals surface area contributed by atoms with Crippen LogP contribution >= 0.6 is 0 Å². The quantitative estimate of drug-likeness (QED) is 0.161. The fourth-order valence-electron chi connectivity index (χ4n) is 11.1. The van der Waals surface area contributed by atoms with Crippen LogP contribution in [0.5, 0.6) is 0 Å². The van der Waals surface area contributed by atoms with E-state index in [2.05, 4.69) is 36.3 Å². The molecular weight excluding hydrogens is 928 g/mol. The van der Waals surface area contributed by atoms with Gasteiger partial charge in [0, 0.05) is 109 Å². The molecule has 5 aliphatic heterocycles. The second kappa shape index (κ2) is 21.0. The first-order chi connectivity index (χ1) is 34.7. The lowest BCUT2D eigenvalue weighted by molar-refractivity contribution is -0.137. The van der Waals surface area contributed by atoms with Crippen molar-refractivity contribution in [3.63, 3.8) is 0 Å². The molecule has 4 amide bonds. The van der Waals surface area contributed by atoms with Gasteiger partial charge in [0.1, 0.15) is 18.2 Å². The van der Waals surface area contributed by atoms with Gasteiger partial charge in [0.05, 0.1) is 16.8 Å². The first-order valence-electron chi connectivity index (χ1n) is 25.7. The standard InChI is InChI=1S/C49H56F3N11O5.C4H8/c1-56-31-53-55-43(56)23-34-3-2-4-38(21-34)61-30-42-40(49(50,51)52)22-35(28-63(42)48(61)68)27-57-13-9-32(10-14-57)24-45(65)60-15-11-33(12-16-60)26-58-17-19-59(20-18-58)37-5-6-39-36(25-37)29-62(47(39)67)41-7-8-44(64)54-46(41)66;1-2-4-3-1/h2-6,21-22,25,28,30-33,41H,7-20,23-24,26-27,29H2,1H3,(H,54,64,66);1-4H2. The third kappa shape index (κ3) is 10.9. The number of carbonyl (C=O) groups is 4. The number of aryl methyl sites for hydroxylation is 1. The highest BCUT2D eigenvalue weighted by molar-refractivity contribution is 6.05. The zero-order valence-corrected chi connectivity index (χ0v) is 41.0. The Kier molecular flexibility index (Phi) is 14.4. The number of anilines is 1. The van der Waals surface area contributed by atoms with Gasteiger partial charge in [-0.2, -0.15) is 13.2 Å². The van der Waals surface area contributed by atoms with E-state index in [0.717, 1.165) is 98.8 Å². The summed E-state index contributed by atoms with van der Waals surface area (Å²) in [6.07, 6.45) is 10.6. The summed E-state index contributed by atoms with van der Waals surface area (Å²) < 4.78 is 47.8. The highest BCUT2D eigenvalue weighted by Gasteiger charge is 2.40. The minimum Gasteiger partial charge on any atom is -0.369 e. The fraction of sp³-hybridized carbons (Fsp3) is 0.528. The van der Waals surface area contributed by atoms with Gasteiger partial charge in [-0.15, -0.1) is 10.2 Å². The molecule has 3 aromatic heterocycles. The number of nitrogens with zero attached hydrogens (tertiary/aromatic N) is 10. The molecule has 5 fully saturated rings. The van der Waals surface area contributed by atoms with Gasteiger partial charge >= 0.3 is 11.9 Å². The van der Waals surface area contributed by atoms with Gasteiger partial charge in [0.15, 0.2) is 0 Å². The average molecular weight is 992 g/mol. The van der Waals surface area contributed by atoms with Crippen LogP contribution in [0.15, 0.2) is 72.0 Å². The van der Waals surface area contributed by atoms with Crippen molar-refractivity contribution >= 4 is 34.8 Å². The summed E-state index contributed by atoms with van der Waals surface area (Å²) in [5.74, 6) is 0.734. The van der Waals surface area contributed by atoms with Crippen molar-refractivity contribution in [3.8, 4) is 5.69 Å². The molecule has 8 heterocycles. The summed E-state index contributed by atoms with van der Waals surface area (Å²) in [5, 5.41) is 10.4. The van der Waals surface area contributed by atoms with Crippen LogP contribution in [0.4, 0.5) is 18.9 Å². The predicted molar refractivity (Wildman–Crippen MR) is 263 cm³/mol. The van der Waals surface area contributed by atoms with Gasteiger partial charge < -0.3 is 19.3 Å². The number of fused-ring (bicyclic) bond motifs is 2. The number of aromatic nitrogens is 5. The molecule has 16 nitrogen and oxygen atoms in total. The molecule has 1 N–H and O–H groups in total. The number of pyridine rings is 1. The number of carbonyl (C=O) groups excluding carboxylic acids is 4. The first kappa shape index (κ1) is 49.2. The number of piperidine rings is 3. The van der Waals surface area contributed by atoms with Gasteiger partial charge in [-0.25, -0.2) is 4.79 Å². The number of rotatable bonds is 11. The number of imide groups is 1. The molecule has 0 spiro atoms. The van der Waals surface area contributed by atoms with Gasteiger partial charge in [-0.05, 0) is 110 Å². The highest BCUT2D eigenvalue weighted by atomic mass is 19.4. The molecule has 5 aromatic rings. The Hall–Kier alpha value is -6.34. The third-order valence-electron chi connectivity index (χ3n) is 15.8. The van der Waals surface area contributed by atoms with Crippen LogP contribution < -0.4 is 15.9 Å². The maximum Gasteiger partial charge on any atom is 0.418 e. The van der Waals surface area contributed by atoms with Crippen LogP contribution in [0, 0.1) is 11.8 Å². The lowest BCUT2D eigenvalue weighted by Gasteiger charge is -2.40. The lowest BCUT2D eigenvalue weighted by Crippen LogP contribution is -2.52. The normalized spacial score (nSPS) is 20.6. The Morgan fingerprint density at radius 2 is 1.51 bits per heavy atom. The average Bonchev–Trinajstić information content (AvgIpc) is 4.02. The van der Waals surface area contributed by atoms with Crippen LogP contribution in [0.1, 0.15) is 109 Å². The second-order valence-corrected chi connectivity index (χ2v) is 20.7.